The van der Waals surface area contributed by atoms with E-state index in [0.717, 1.165) is 42.0 Å². The Labute approximate surface area is 204 Å². The van der Waals surface area contributed by atoms with Gasteiger partial charge in [0, 0.05) is 48.2 Å². The number of piperidine rings is 1. The summed E-state index contributed by atoms with van der Waals surface area (Å²) in [5.74, 6) is 2.75. The second-order valence-electron chi connectivity index (χ2n) is 9.71. The number of anilines is 2. The van der Waals surface area contributed by atoms with E-state index in [-0.39, 0.29) is 5.91 Å². The number of nitrogens with two attached hydrogens (primary N) is 1. The summed E-state index contributed by atoms with van der Waals surface area (Å²) in [7, 11) is 0. The van der Waals surface area contributed by atoms with Crippen molar-refractivity contribution in [3.05, 3.63) is 71.9 Å². The largest absolute Gasteiger partial charge is 0.382 e. The average molecular weight is 468 g/mol. The standard InChI is InChI=1S/C27H29N7O/c1-16-2-3-21(15-31-16)26-33-23(24-25(28)30-12-13-34(24)26)18-6-8-19(9-7-18)27(35)32-22-14-20(10-11-29-22)17-4-5-17/h6-14,16-17,21,31H,2-5,15H2,1H3,(H2,28,30)(H,29,32,35)/t16-,21+/m0/s1. The maximum atomic E-state index is 12.9. The Bertz CT molecular complexity index is 1380. The van der Waals surface area contributed by atoms with Gasteiger partial charge < -0.3 is 16.4 Å². The highest BCUT2D eigenvalue weighted by molar-refractivity contribution is 6.04. The number of carbonyl (C=O) groups excluding carboxylic acids is 1. The number of benzene rings is 1. The lowest BCUT2D eigenvalue weighted by Gasteiger charge is -2.26. The first-order valence-corrected chi connectivity index (χ1v) is 12.3. The zero-order valence-corrected chi connectivity index (χ0v) is 19.7. The van der Waals surface area contributed by atoms with Crippen molar-refractivity contribution in [1.82, 2.24) is 24.7 Å². The van der Waals surface area contributed by atoms with E-state index in [4.69, 9.17) is 10.7 Å². The molecule has 0 unspecified atom stereocenters. The molecule has 4 aromatic rings. The fourth-order valence-corrected chi connectivity index (χ4v) is 4.95. The number of imidazole rings is 1. The molecule has 1 saturated heterocycles. The molecule has 35 heavy (non-hydrogen) atoms. The van der Waals surface area contributed by atoms with Crippen LogP contribution < -0.4 is 16.4 Å². The van der Waals surface area contributed by atoms with E-state index in [1.54, 1.807) is 12.4 Å². The van der Waals surface area contributed by atoms with Gasteiger partial charge in [0.15, 0.2) is 0 Å². The van der Waals surface area contributed by atoms with Crippen LogP contribution in [0.2, 0.25) is 0 Å². The molecule has 6 rings (SSSR count). The number of nitrogens with zero attached hydrogens (tertiary/aromatic N) is 4. The van der Waals surface area contributed by atoms with Crippen LogP contribution in [-0.2, 0) is 0 Å². The molecule has 1 aromatic carbocycles. The van der Waals surface area contributed by atoms with E-state index in [1.807, 2.05) is 42.6 Å². The van der Waals surface area contributed by atoms with E-state index >= 15 is 0 Å². The lowest BCUT2D eigenvalue weighted by Crippen LogP contribution is -2.36. The molecule has 3 aromatic heterocycles. The van der Waals surface area contributed by atoms with Gasteiger partial charge in [0.25, 0.3) is 5.91 Å². The lowest BCUT2D eigenvalue weighted by atomic mass is 9.95. The Morgan fingerprint density at radius 2 is 1.86 bits per heavy atom. The number of pyridine rings is 1. The molecular formula is C27H29N7O. The number of nitrogen functional groups attached to an aromatic ring is 1. The van der Waals surface area contributed by atoms with Gasteiger partial charge in [0.1, 0.15) is 28.7 Å². The van der Waals surface area contributed by atoms with Crippen molar-refractivity contribution in [2.24, 2.45) is 0 Å². The van der Waals surface area contributed by atoms with Crippen LogP contribution in [0, 0.1) is 0 Å². The first kappa shape index (κ1) is 21.7. The van der Waals surface area contributed by atoms with Gasteiger partial charge in [0.2, 0.25) is 0 Å². The minimum Gasteiger partial charge on any atom is -0.382 e. The average Bonchev–Trinajstić information content (AvgIpc) is 3.66. The molecule has 0 bridgehead atoms. The smallest absolute Gasteiger partial charge is 0.256 e. The second-order valence-corrected chi connectivity index (χ2v) is 9.71. The number of carbonyl (C=O) groups is 1. The van der Waals surface area contributed by atoms with Crippen LogP contribution in [0.3, 0.4) is 0 Å². The summed E-state index contributed by atoms with van der Waals surface area (Å²) in [6, 6.07) is 12.0. The van der Waals surface area contributed by atoms with Crippen LogP contribution in [0.1, 0.15) is 66.2 Å². The van der Waals surface area contributed by atoms with Gasteiger partial charge in [-0.1, -0.05) is 12.1 Å². The number of hydrogen-bond donors (Lipinski definition) is 3. The molecule has 1 aliphatic carbocycles. The van der Waals surface area contributed by atoms with Gasteiger partial charge in [-0.15, -0.1) is 0 Å². The maximum Gasteiger partial charge on any atom is 0.256 e. The minimum atomic E-state index is -0.184. The molecule has 1 aliphatic heterocycles. The van der Waals surface area contributed by atoms with Gasteiger partial charge in [-0.25, -0.2) is 15.0 Å². The highest BCUT2D eigenvalue weighted by Gasteiger charge is 2.26. The van der Waals surface area contributed by atoms with Crippen molar-refractivity contribution in [2.75, 3.05) is 17.6 Å². The van der Waals surface area contributed by atoms with E-state index in [9.17, 15) is 4.79 Å². The summed E-state index contributed by atoms with van der Waals surface area (Å²) >= 11 is 0. The first-order valence-electron chi connectivity index (χ1n) is 12.3. The van der Waals surface area contributed by atoms with Crippen molar-refractivity contribution in [3.63, 3.8) is 0 Å². The van der Waals surface area contributed by atoms with Gasteiger partial charge >= 0.3 is 0 Å². The van der Waals surface area contributed by atoms with E-state index in [1.165, 1.54) is 18.4 Å². The molecular weight excluding hydrogens is 438 g/mol. The number of fused-ring (bicyclic) bond motifs is 1. The molecule has 2 atom stereocenters. The number of hydrogen-bond acceptors (Lipinski definition) is 6. The molecule has 8 heteroatoms. The SMILES string of the molecule is C[C@H]1CC[C@@H](c2nc(-c3ccc(C(=O)Nc4cc(C5CC5)ccn4)cc3)c3c(N)nccn23)CN1. The second kappa shape index (κ2) is 8.78. The van der Waals surface area contributed by atoms with Crippen LogP contribution in [0.15, 0.2) is 55.0 Å². The molecule has 1 amide bonds. The highest BCUT2D eigenvalue weighted by atomic mass is 16.1. The molecule has 0 spiro atoms. The van der Waals surface area contributed by atoms with E-state index in [2.05, 4.69) is 31.9 Å². The maximum absolute atomic E-state index is 12.9. The van der Waals surface area contributed by atoms with Crippen LogP contribution in [0.4, 0.5) is 11.6 Å². The zero-order chi connectivity index (χ0) is 23.9. The molecule has 2 fully saturated rings. The third kappa shape index (κ3) is 4.25. The Balaban J connectivity index is 1.28. The minimum absolute atomic E-state index is 0.184. The van der Waals surface area contributed by atoms with Gasteiger partial charge in [0.05, 0.1) is 0 Å². The lowest BCUT2D eigenvalue weighted by molar-refractivity contribution is 0.102. The van der Waals surface area contributed by atoms with E-state index in [0.29, 0.717) is 35.1 Å². The van der Waals surface area contributed by atoms with Gasteiger partial charge in [-0.2, -0.15) is 0 Å². The molecule has 178 valence electrons. The quantitative estimate of drug-likeness (QED) is 0.402. The fraction of sp³-hybridized carbons (Fsp3) is 0.333. The third-order valence-corrected chi connectivity index (χ3v) is 7.13. The monoisotopic (exact) mass is 467 g/mol. The van der Waals surface area contributed by atoms with Crippen LogP contribution >= 0.6 is 0 Å². The summed E-state index contributed by atoms with van der Waals surface area (Å²) in [4.78, 5) is 26.5. The Morgan fingerprint density at radius 1 is 1.06 bits per heavy atom. The molecule has 4 N–H and O–H groups in total. The molecule has 1 saturated carbocycles. The zero-order valence-electron chi connectivity index (χ0n) is 19.7. The summed E-state index contributed by atoms with van der Waals surface area (Å²) in [6.45, 7) is 3.10. The van der Waals surface area contributed by atoms with Crippen LogP contribution in [0.5, 0.6) is 0 Å². The summed E-state index contributed by atoms with van der Waals surface area (Å²) in [5, 5.41) is 6.49. The number of rotatable bonds is 5. The van der Waals surface area contributed by atoms with Crippen molar-refractivity contribution in [3.8, 4) is 11.3 Å². The molecule has 4 heterocycles. The highest BCUT2D eigenvalue weighted by Crippen LogP contribution is 2.40. The first-order chi connectivity index (χ1) is 17.1. The summed E-state index contributed by atoms with van der Waals surface area (Å²) in [5.41, 5.74) is 10.6. The van der Waals surface area contributed by atoms with Crippen molar-refractivity contribution >= 4 is 23.1 Å². The number of nitrogens with one attached hydrogen (secondary N) is 2. The normalized spacial score (nSPS) is 20.1. The molecule has 0 radical (unpaired) electrons. The van der Waals surface area contributed by atoms with Crippen molar-refractivity contribution in [1.29, 1.82) is 0 Å². The summed E-state index contributed by atoms with van der Waals surface area (Å²) in [6.07, 6.45) is 10.0. The van der Waals surface area contributed by atoms with Gasteiger partial charge in [-0.3, -0.25) is 9.20 Å². The van der Waals surface area contributed by atoms with Gasteiger partial charge in [-0.05, 0) is 68.4 Å². The third-order valence-electron chi connectivity index (χ3n) is 7.13. The molecule has 8 nitrogen and oxygen atoms in total. The Morgan fingerprint density at radius 3 is 2.60 bits per heavy atom. The number of amides is 1. The Kier molecular flexibility index (Phi) is 5.45. The van der Waals surface area contributed by atoms with Crippen molar-refractivity contribution in [2.45, 2.75) is 50.5 Å². The number of aromatic nitrogens is 4. The fourth-order valence-electron chi connectivity index (χ4n) is 4.95. The predicted octanol–water partition coefficient (Wildman–Crippen LogP) is 4.36. The summed E-state index contributed by atoms with van der Waals surface area (Å²) < 4.78 is 2.07. The molecule has 2 aliphatic rings. The van der Waals surface area contributed by atoms with E-state index < -0.39 is 0 Å². The predicted molar refractivity (Wildman–Crippen MR) is 136 cm³/mol. The topological polar surface area (TPSA) is 110 Å². The van der Waals surface area contributed by atoms with Crippen LogP contribution in [0.25, 0.3) is 16.8 Å². The van der Waals surface area contributed by atoms with Crippen LogP contribution in [-0.4, -0.2) is 37.8 Å². The van der Waals surface area contributed by atoms with Crippen molar-refractivity contribution < 1.29 is 4.79 Å². The Hall–Kier alpha value is -3.78.